The molecule has 0 spiro atoms. The van der Waals surface area contributed by atoms with Gasteiger partial charge in [-0.25, -0.2) is 12.8 Å². The van der Waals surface area contributed by atoms with E-state index in [9.17, 15) is 22.4 Å². The largest absolute Gasteiger partial charge is 0.323 e. The number of rotatable bonds is 4. The molecule has 0 unspecified atom stereocenters. The van der Waals surface area contributed by atoms with Crippen molar-refractivity contribution in [3.8, 4) is 0 Å². The minimum atomic E-state index is -3.94. The van der Waals surface area contributed by atoms with E-state index in [0.29, 0.717) is 16.5 Å². The summed E-state index contributed by atoms with van der Waals surface area (Å²) < 4.78 is 38.6. The van der Waals surface area contributed by atoms with Crippen molar-refractivity contribution in [2.45, 2.75) is 11.8 Å². The van der Waals surface area contributed by atoms with Crippen molar-refractivity contribution in [2.24, 2.45) is 0 Å². The topological polar surface area (TPSA) is 96.1 Å². The number of amides is 1. The third kappa shape index (κ3) is 3.65. The maximum atomic E-state index is 13.6. The number of nitrogens with one attached hydrogen (secondary N) is 2. The summed E-state index contributed by atoms with van der Waals surface area (Å²) in [6.07, 6.45) is 0. The van der Waals surface area contributed by atoms with E-state index < -0.39 is 27.3 Å². The Bertz CT molecular complexity index is 1170. The first-order valence-corrected chi connectivity index (χ1v) is 9.32. The number of benzene rings is 2. The monoisotopic (exact) mass is 374 g/mol. The van der Waals surface area contributed by atoms with Crippen LogP contribution in [-0.2, 0) is 14.6 Å². The van der Waals surface area contributed by atoms with Gasteiger partial charge in [0.1, 0.15) is 11.6 Å². The maximum Gasteiger partial charge on any atom is 0.248 e. The lowest BCUT2D eigenvalue weighted by Gasteiger charge is -2.09. The number of fused-ring (bicyclic) bond motifs is 1. The zero-order valence-corrected chi connectivity index (χ0v) is 14.6. The van der Waals surface area contributed by atoms with Crippen molar-refractivity contribution in [1.82, 2.24) is 4.98 Å². The molecule has 8 heteroatoms. The van der Waals surface area contributed by atoms with Gasteiger partial charge in [-0.15, -0.1) is 0 Å². The highest BCUT2D eigenvalue weighted by Crippen LogP contribution is 2.21. The van der Waals surface area contributed by atoms with Crippen LogP contribution in [0.25, 0.3) is 10.9 Å². The quantitative estimate of drug-likeness (QED) is 0.733. The summed E-state index contributed by atoms with van der Waals surface area (Å²) in [5.74, 6) is -2.31. The van der Waals surface area contributed by atoms with E-state index in [0.717, 1.165) is 6.07 Å². The van der Waals surface area contributed by atoms with Crippen LogP contribution in [0.5, 0.6) is 0 Å². The first-order valence-electron chi connectivity index (χ1n) is 7.67. The van der Waals surface area contributed by atoms with Gasteiger partial charge < -0.3 is 10.3 Å². The van der Waals surface area contributed by atoms with Crippen LogP contribution < -0.4 is 10.9 Å². The highest BCUT2D eigenvalue weighted by Gasteiger charge is 2.21. The lowest BCUT2D eigenvalue weighted by molar-refractivity contribution is -0.113. The van der Waals surface area contributed by atoms with Crippen LogP contribution >= 0.6 is 0 Å². The fourth-order valence-electron chi connectivity index (χ4n) is 2.60. The Morgan fingerprint density at radius 2 is 1.88 bits per heavy atom. The Labute approximate surface area is 148 Å². The summed E-state index contributed by atoms with van der Waals surface area (Å²) in [5.41, 5.74) is 0.760. The number of pyridine rings is 1. The fourth-order valence-corrected chi connectivity index (χ4v) is 3.76. The van der Waals surface area contributed by atoms with Crippen molar-refractivity contribution in [2.75, 3.05) is 11.1 Å². The number of hydrogen-bond acceptors (Lipinski definition) is 4. The lowest BCUT2D eigenvalue weighted by Crippen LogP contribution is -2.23. The summed E-state index contributed by atoms with van der Waals surface area (Å²) >= 11 is 0. The van der Waals surface area contributed by atoms with Gasteiger partial charge in [0.15, 0.2) is 9.84 Å². The molecule has 0 saturated carbocycles. The summed E-state index contributed by atoms with van der Waals surface area (Å²) in [4.78, 5) is 26.1. The van der Waals surface area contributed by atoms with Gasteiger partial charge in [-0.05, 0) is 42.8 Å². The van der Waals surface area contributed by atoms with Crippen LogP contribution in [-0.4, -0.2) is 25.1 Å². The number of aryl methyl sites for hydroxylation is 1. The molecule has 0 saturated heterocycles. The van der Waals surface area contributed by atoms with Crippen LogP contribution in [0.15, 0.2) is 58.2 Å². The molecule has 3 aromatic rings. The molecule has 26 heavy (non-hydrogen) atoms. The lowest BCUT2D eigenvalue weighted by atomic mass is 10.1. The predicted molar refractivity (Wildman–Crippen MR) is 96.4 cm³/mol. The van der Waals surface area contributed by atoms with E-state index in [1.165, 1.54) is 42.5 Å². The minimum Gasteiger partial charge on any atom is -0.323 e. The SMILES string of the molecule is Cc1cc(=O)[nH]c2ccc(S(=O)(=O)CC(=O)Nc3ccccc3F)cc12. The predicted octanol–water partition coefficient (Wildman–Crippen LogP) is 2.39. The van der Waals surface area contributed by atoms with Gasteiger partial charge in [0.25, 0.3) is 0 Å². The number of sulfone groups is 1. The molecule has 0 aliphatic carbocycles. The smallest absolute Gasteiger partial charge is 0.248 e. The molecular weight excluding hydrogens is 359 g/mol. The average molecular weight is 374 g/mol. The van der Waals surface area contributed by atoms with Crippen LogP contribution in [0.1, 0.15) is 5.56 Å². The number of hydrogen-bond donors (Lipinski definition) is 2. The molecule has 134 valence electrons. The molecule has 0 radical (unpaired) electrons. The van der Waals surface area contributed by atoms with Crippen molar-refractivity contribution < 1.29 is 17.6 Å². The van der Waals surface area contributed by atoms with E-state index in [1.807, 2.05) is 0 Å². The van der Waals surface area contributed by atoms with Crippen LogP contribution in [0, 0.1) is 12.7 Å². The Hall–Kier alpha value is -3.00. The Morgan fingerprint density at radius 3 is 2.62 bits per heavy atom. The number of carbonyl (C=O) groups is 1. The van der Waals surface area contributed by atoms with E-state index >= 15 is 0 Å². The Kier molecular flexibility index (Phi) is 4.60. The number of carbonyl (C=O) groups excluding carboxylic acids is 1. The van der Waals surface area contributed by atoms with Gasteiger partial charge in [-0.1, -0.05) is 12.1 Å². The summed E-state index contributed by atoms with van der Waals surface area (Å²) in [6, 6.07) is 11.1. The minimum absolute atomic E-state index is 0.0520. The molecule has 0 aliphatic rings. The highest BCUT2D eigenvalue weighted by molar-refractivity contribution is 7.92. The Balaban J connectivity index is 1.88. The molecule has 1 heterocycles. The summed E-state index contributed by atoms with van der Waals surface area (Å²) in [5, 5.41) is 2.82. The van der Waals surface area contributed by atoms with Crippen LogP contribution in [0.3, 0.4) is 0 Å². The van der Waals surface area contributed by atoms with Crippen molar-refractivity contribution in [3.63, 3.8) is 0 Å². The number of aromatic amines is 1. The molecule has 0 fully saturated rings. The van der Waals surface area contributed by atoms with Gasteiger partial charge in [-0.3, -0.25) is 9.59 Å². The van der Waals surface area contributed by atoms with E-state index in [1.54, 1.807) is 6.92 Å². The van der Waals surface area contributed by atoms with Crippen LogP contribution in [0.4, 0.5) is 10.1 Å². The number of aromatic nitrogens is 1. The molecule has 3 rings (SSSR count). The molecule has 0 bridgehead atoms. The van der Waals surface area contributed by atoms with E-state index in [-0.39, 0.29) is 16.1 Å². The number of para-hydroxylation sites is 1. The second kappa shape index (κ2) is 6.72. The number of H-pyrrole nitrogens is 1. The third-order valence-corrected chi connectivity index (χ3v) is 5.46. The normalized spacial score (nSPS) is 11.5. The van der Waals surface area contributed by atoms with Gasteiger partial charge in [0.05, 0.1) is 10.6 Å². The second-order valence-electron chi connectivity index (χ2n) is 5.81. The Morgan fingerprint density at radius 1 is 1.15 bits per heavy atom. The summed E-state index contributed by atoms with van der Waals surface area (Å²) in [6.45, 7) is 1.69. The zero-order chi connectivity index (χ0) is 18.9. The van der Waals surface area contributed by atoms with Gasteiger partial charge in [0.2, 0.25) is 11.5 Å². The van der Waals surface area contributed by atoms with Crippen molar-refractivity contribution >= 4 is 32.3 Å². The number of halogens is 1. The molecule has 1 amide bonds. The third-order valence-electron chi connectivity index (χ3n) is 3.85. The summed E-state index contributed by atoms with van der Waals surface area (Å²) in [7, 11) is -3.94. The average Bonchev–Trinajstić information content (AvgIpc) is 2.56. The van der Waals surface area contributed by atoms with Gasteiger partial charge in [-0.2, -0.15) is 0 Å². The molecule has 0 atom stereocenters. The van der Waals surface area contributed by atoms with Crippen molar-refractivity contribution in [3.05, 3.63) is 70.3 Å². The van der Waals surface area contributed by atoms with E-state index in [2.05, 4.69) is 10.3 Å². The zero-order valence-electron chi connectivity index (χ0n) is 13.7. The molecular formula is C18H15FN2O4S. The molecule has 2 aromatic carbocycles. The van der Waals surface area contributed by atoms with E-state index in [4.69, 9.17) is 0 Å². The first kappa shape index (κ1) is 17.8. The molecule has 0 aliphatic heterocycles. The maximum absolute atomic E-state index is 13.6. The standard InChI is InChI=1S/C18H15FN2O4S/c1-11-8-17(22)20-15-7-6-12(9-13(11)15)26(24,25)10-18(23)21-16-5-3-2-4-14(16)19/h2-9H,10H2,1H3,(H,20,22)(H,21,23). The van der Waals surface area contributed by atoms with Gasteiger partial charge >= 0.3 is 0 Å². The fraction of sp³-hybridized carbons (Fsp3) is 0.111. The first-order chi connectivity index (χ1) is 12.3. The molecule has 1 aromatic heterocycles. The van der Waals surface area contributed by atoms with Crippen LogP contribution in [0.2, 0.25) is 0 Å². The van der Waals surface area contributed by atoms with Crippen molar-refractivity contribution in [1.29, 1.82) is 0 Å². The molecule has 6 nitrogen and oxygen atoms in total. The highest BCUT2D eigenvalue weighted by atomic mass is 32.2. The number of anilines is 1. The van der Waals surface area contributed by atoms with Gasteiger partial charge in [0, 0.05) is 17.0 Å². The second-order valence-corrected chi connectivity index (χ2v) is 7.80. The molecule has 2 N–H and O–H groups in total.